The average molecular weight is 619 g/mol. The van der Waals surface area contributed by atoms with Crippen LogP contribution in [0.2, 0.25) is 10.0 Å². The van der Waals surface area contributed by atoms with Crippen LogP contribution in [0.3, 0.4) is 0 Å². The number of sulfonamides is 1. The highest BCUT2D eigenvalue weighted by Crippen LogP contribution is 2.27. The van der Waals surface area contributed by atoms with Gasteiger partial charge in [0.2, 0.25) is 21.8 Å². The monoisotopic (exact) mass is 617 g/mol. The summed E-state index contributed by atoms with van der Waals surface area (Å²) in [6, 6.07) is 21.1. The molecule has 0 spiro atoms. The van der Waals surface area contributed by atoms with Crippen molar-refractivity contribution in [3.05, 3.63) is 99.5 Å². The zero-order valence-electron chi connectivity index (χ0n) is 23.6. The van der Waals surface area contributed by atoms with Gasteiger partial charge in [-0.2, -0.15) is 0 Å². The van der Waals surface area contributed by atoms with Gasteiger partial charge in [0.1, 0.15) is 6.04 Å². The predicted molar refractivity (Wildman–Crippen MR) is 167 cm³/mol. The van der Waals surface area contributed by atoms with E-state index in [0.717, 1.165) is 29.4 Å². The van der Waals surface area contributed by atoms with Crippen molar-refractivity contribution in [1.82, 2.24) is 10.2 Å². The Morgan fingerprint density at radius 2 is 1.66 bits per heavy atom. The second-order valence-electron chi connectivity index (χ2n) is 9.98. The van der Waals surface area contributed by atoms with Gasteiger partial charge in [-0.05, 0) is 54.7 Å². The third-order valence-electron chi connectivity index (χ3n) is 6.71. The fraction of sp³-hybridized carbons (Fsp3) is 0.355. The van der Waals surface area contributed by atoms with Gasteiger partial charge in [-0.25, -0.2) is 8.42 Å². The Hall–Kier alpha value is -3.07. The van der Waals surface area contributed by atoms with Crippen molar-refractivity contribution in [2.24, 2.45) is 0 Å². The molecule has 0 heterocycles. The molecule has 1 N–H and O–H groups in total. The van der Waals surface area contributed by atoms with E-state index in [1.54, 1.807) is 29.2 Å². The van der Waals surface area contributed by atoms with Gasteiger partial charge >= 0.3 is 0 Å². The van der Waals surface area contributed by atoms with E-state index in [2.05, 4.69) is 5.32 Å². The summed E-state index contributed by atoms with van der Waals surface area (Å²) in [5.41, 5.74) is 2.86. The molecule has 10 heteroatoms. The minimum Gasteiger partial charge on any atom is -0.354 e. The first kappa shape index (κ1) is 32.4. The number of carbonyl (C=O) groups is 2. The summed E-state index contributed by atoms with van der Waals surface area (Å²) < 4.78 is 26.7. The number of benzene rings is 3. The van der Waals surface area contributed by atoms with E-state index in [9.17, 15) is 18.0 Å². The summed E-state index contributed by atoms with van der Waals surface area (Å²) >= 11 is 12.6. The fourth-order valence-electron chi connectivity index (χ4n) is 4.56. The van der Waals surface area contributed by atoms with Crippen LogP contribution in [0.5, 0.6) is 0 Å². The molecule has 1 atom stereocenters. The van der Waals surface area contributed by atoms with Crippen LogP contribution in [-0.2, 0) is 32.6 Å². The molecule has 41 heavy (non-hydrogen) atoms. The highest BCUT2D eigenvalue weighted by Gasteiger charge is 2.31. The maximum absolute atomic E-state index is 13.9. The lowest BCUT2D eigenvalue weighted by molar-refractivity contribution is -0.141. The van der Waals surface area contributed by atoms with E-state index in [1.807, 2.05) is 62.4 Å². The molecule has 0 bridgehead atoms. The first-order chi connectivity index (χ1) is 19.5. The lowest BCUT2D eigenvalue weighted by Crippen LogP contribution is -2.50. The molecule has 220 valence electrons. The zero-order chi connectivity index (χ0) is 30.0. The van der Waals surface area contributed by atoms with Gasteiger partial charge in [0, 0.05) is 42.5 Å². The van der Waals surface area contributed by atoms with Crippen LogP contribution < -0.4 is 9.62 Å². The molecular formula is C31H37Cl2N3O4S. The number of hydrogen-bond acceptors (Lipinski definition) is 4. The SMILES string of the molecule is CCCNC(=O)[C@H](Cc1ccccc1)N(Cc1ccccc1Cl)C(=O)CCCN(c1cc(Cl)ccc1C)S(C)(=O)=O. The molecule has 7 nitrogen and oxygen atoms in total. The van der Waals surface area contributed by atoms with E-state index >= 15 is 0 Å². The van der Waals surface area contributed by atoms with Crippen LogP contribution in [0.4, 0.5) is 5.69 Å². The van der Waals surface area contributed by atoms with E-state index in [1.165, 1.54) is 4.31 Å². The van der Waals surface area contributed by atoms with Crippen molar-refractivity contribution in [3.63, 3.8) is 0 Å². The van der Waals surface area contributed by atoms with Crippen molar-refractivity contribution < 1.29 is 18.0 Å². The van der Waals surface area contributed by atoms with Crippen LogP contribution >= 0.6 is 23.2 Å². The number of anilines is 1. The second-order valence-corrected chi connectivity index (χ2v) is 12.7. The highest BCUT2D eigenvalue weighted by atomic mass is 35.5. The maximum atomic E-state index is 13.9. The molecule has 0 aliphatic heterocycles. The zero-order valence-corrected chi connectivity index (χ0v) is 26.0. The predicted octanol–water partition coefficient (Wildman–Crippen LogP) is 6.01. The molecule has 0 saturated heterocycles. The summed E-state index contributed by atoms with van der Waals surface area (Å²) in [6.07, 6.45) is 2.48. The van der Waals surface area contributed by atoms with Gasteiger partial charge in [0.05, 0.1) is 11.9 Å². The molecule has 3 aromatic rings. The van der Waals surface area contributed by atoms with Gasteiger partial charge in [-0.3, -0.25) is 13.9 Å². The molecule has 0 fully saturated rings. The van der Waals surface area contributed by atoms with Crippen molar-refractivity contribution in [2.75, 3.05) is 23.7 Å². The topological polar surface area (TPSA) is 86.8 Å². The number of nitrogens with one attached hydrogen (secondary N) is 1. The Morgan fingerprint density at radius 3 is 2.32 bits per heavy atom. The lowest BCUT2D eigenvalue weighted by Gasteiger charge is -2.32. The molecule has 0 aromatic heterocycles. The van der Waals surface area contributed by atoms with Gasteiger partial charge < -0.3 is 10.2 Å². The number of hydrogen-bond donors (Lipinski definition) is 1. The normalized spacial score (nSPS) is 12.0. The first-order valence-corrected chi connectivity index (χ1v) is 16.2. The number of aryl methyl sites for hydroxylation is 1. The van der Waals surface area contributed by atoms with Crippen molar-refractivity contribution >= 4 is 50.7 Å². The molecule has 0 aliphatic rings. The minimum absolute atomic E-state index is 0.0302. The Morgan fingerprint density at radius 1 is 0.976 bits per heavy atom. The van der Waals surface area contributed by atoms with E-state index in [-0.39, 0.29) is 37.7 Å². The van der Waals surface area contributed by atoms with Crippen molar-refractivity contribution in [3.8, 4) is 0 Å². The molecule has 3 aromatic carbocycles. The fourth-order valence-corrected chi connectivity index (χ4v) is 5.94. The van der Waals surface area contributed by atoms with Crippen LogP contribution in [0, 0.1) is 6.92 Å². The summed E-state index contributed by atoms with van der Waals surface area (Å²) in [5.74, 6) is -0.516. The molecule has 2 amide bonds. The largest absolute Gasteiger partial charge is 0.354 e. The highest BCUT2D eigenvalue weighted by molar-refractivity contribution is 7.92. The molecule has 0 aliphatic carbocycles. The van der Waals surface area contributed by atoms with E-state index < -0.39 is 16.1 Å². The standard InChI is InChI=1S/C31H37Cl2N3O4S/c1-4-18-34-31(38)29(20-24-11-6-5-7-12-24)35(22-25-13-8-9-14-27(25)33)30(37)15-10-19-36(41(3,39)40)28-21-26(32)17-16-23(28)2/h5-9,11-14,16-17,21,29H,4,10,15,18-20,22H2,1-3H3,(H,34,38)/t29-/m0/s1. The van der Waals surface area contributed by atoms with E-state index in [4.69, 9.17) is 23.2 Å². The number of amides is 2. The molecule has 0 saturated carbocycles. The summed E-state index contributed by atoms with van der Waals surface area (Å²) in [5, 5.41) is 3.87. The molecule has 3 rings (SSSR count). The minimum atomic E-state index is -3.64. The smallest absolute Gasteiger partial charge is 0.243 e. The summed E-state index contributed by atoms with van der Waals surface area (Å²) in [6.45, 7) is 4.48. The third kappa shape index (κ3) is 9.48. The van der Waals surface area contributed by atoms with Crippen LogP contribution in [0.15, 0.2) is 72.8 Å². The van der Waals surface area contributed by atoms with Crippen LogP contribution in [0.1, 0.15) is 42.9 Å². The number of rotatable bonds is 14. The third-order valence-corrected chi connectivity index (χ3v) is 8.49. The molecule has 0 radical (unpaired) electrons. The van der Waals surface area contributed by atoms with Gasteiger partial charge in [0.15, 0.2) is 0 Å². The van der Waals surface area contributed by atoms with Gasteiger partial charge in [-0.15, -0.1) is 0 Å². The lowest BCUT2D eigenvalue weighted by atomic mass is 10.0. The molecular weight excluding hydrogens is 581 g/mol. The Balaban J connectivity index is 1.90. The maximum Gasteiger partial charge on any atom is 0.243 e. The second kappa shape index (κ2) is 15.2. The number of nitrogens with zero attached hydrogens (tertiary/aromatic N) is 2. The Bertz CT molecular complexity index is 1430. The van der Waals surface area contributed by atoms with Gasteiger partial charge in [-0.1, -0.05) is 84.7 Å². The van der Waals surface area contributed by atoms with Crippen molar-refractivity contribution in [2.45, 2.75) is 52.1 Å². The quantitative estimate of drug-likeness (QED) is 0.240. The van der Waals surface area contributed by atoms with Crippen LogP contribution in [-0.4, -0.2) is 50.5 Å². The summed E-state index contributed by atoms with van der Waals surface area (Å²) in [7, 11) is -3.64. The average Bonchev–Trinajstić information content (AvgIpc) is 2.94. The number of halogens is 2. The van der Waals surface area contributed by atoms with E-state index in [0.29, 0.717) is 28.7 Å². The number of carbonyl (C=O) groups excluding carboxylic acids is 2. The molecule has 0 unspecified atom stereocenters. The van der Waals surface area contributed by atoms with Crippen molar-refractivity contribution in [1.29, 1.82) is 0 Å². The Kier molecular flexibility index (Phi) is 12.1. The van der Waals surface area contributed by atoms with Gasteiger partial charge in [0.25, 0.3) is 0 Å². The summed E-state index contributed by atoms with van der Waals surface area (Å²) in [4.78, 5) is 28.9. The Labute approximate surface area is 253 Å². The first-order valence-electron chi connectivity index (χ1n) is 13.6. The van der Waals surface area contributed by atoms with Crippen LogP contribution in [0.25, 0.3) is 0 Å².